The summed E-state index contributed by atoms with van der Waals surface area (Å²) >= 11 is 0. The zero-order valence-corrected chi connectivity index (χ0v) is 11.4. The minimum Gasteiger partial charge on any atom is -0.356 e. The van der Waals surface area contributed by atoms with Gasteiger partial charge in [-0.15, -0.1) is 0 Å². The summed E-state index contributed by atoms with van der Waals surface area (Å²) in [6, 6.07) is 1.79. The number of rotatable bonds is 3. The van der Waals surface area contributed by atoms with Crippen LogP contribution in [0, 0.1) is 28.9 Å². The van der Waals surface area contributed by atoms with Gasteiger partial charge in [-0.25, -0.2) is 4.98 Å². The average Bonchev–Trinajstić information content (AvgIpc) is 2.38. The largest absolute Gasteiger partial charge is 0.356 e. The Kier molecular flexibility index (Phi) is 3.99. The quantitative estimate of drug-likeness (QED) is 0.663. The van der Waals surface area contributed by atoms with E-state index in [1.165, 1.54) is 6.20 Å². The van der Waals surface area contributed by atoms with Crippen LogP contribution >= 0.6 is 0 Å². The van der Waals surface area contributed by atoms with Gasteiger partial charge in [-0.1, -0.05) is 6.92 Å². The van der Waals surface area contributed by atoms with E-state index < -0.39 is 4.92 Å². The van der Waals surface area contributed by atoms with Crippen LogP contribution in [-0.4, -0.2) is 29.5 Å². The first-order valence-corrected chi connectivity index (χ1v) is 6.59. The molecule has 0 amide bonds. The van der Waals surface area contributed by atoms with Gasteiger partial charge in [0.25, 0.3) is 5.69 Å². The molecule has 1 aromatic heterocycles. The first-order chi connectivity index (χ1) is 9.02. The first kappa shape index (κ1) is 13.7. The molecule has 0 aromatic carbocycles. The third-order valence-electron chi connectivity index (χ3n) is 4.01. The van der Waals surface area contributed by atoms with E-state index in [4.69, 9.17) is 5.73 Å². The van der Waals surface area contributed by atoms with Gasteiger partial charge in [0.05, 0.1) is 4.92 Å². The van der Waals surface area contributed by atoms with Crippen LogP contribution < -0.4 is 10.6 Å². The lowest BCUT2D eigenvalue weighted by Gasteiger charge is -2.37. The fourth-order valence-corrected chi connectivity index (χ4v) is 2.56. The van der Waals surface area contributed by atoms with Crippen LogP contribution in [0.1, 0.15) is 18.9 Å². The number of hydrogen-bond donors (Lipinski definition) is 1. The molecule has 2 unspecified atom stereocenters. The van der Waals surface area contributed by atoms with Gasteiger partial charge >= 0.3 is 0 Å². The number of pyridine rings is 1. The maximum absolute atomic E-state index is 10.8. The van der Waals surface area contributed by atoms with E-state index in [9.17, 15) is 10.1 Å². The molecule has 1 aliphatic heterocycles. The smallest absolute Gasteiger partial charge is 0.290 e. The lowest BCUT2D eigenvalue weighted by molar-refractivity contribution is -0.385. The molecule has 1 aliphatic rings. The number of aryl methyl sites for hydroxylation is 1. The summed E-state index contributed by atoms with van der Waals surface area (Å²) in [6.45, 7) is 6.45. The van der Waals surface area contributed by atoms with Crippen molar-refractivity contribution in [2.45, 2.75) is 20.3 Å². The second-order valence-electron chi connectivity index (χ2n) is 5.29. The fourth-order valence-electron chi connectivity index (χ4n) is 2.56. The highest BCUT2D eigenvalue weighted by molar-refractivity contribution is 5.48. The van der Waals surface area contributed by atoms with Crippen molar-refractivity contribution in [1.82, 2.24) is 4.98 Å². The predicted octanol–water partition coefficient (Wildman–Crippen LogP) is 1.72. The van der Waals surface area contributed by atoms with Crippen molar-refractivity contribution in [2.75, 3.05) is 24.5 Å². The fraction of sp³-hybridized carbons (Fsp3) is 0.615. The molecule has 0 aliphatic carbocycles. The van der Waals surface area contributed by atoms with Gasteiger partial charge in [-0.2, -0.15) is 0 Å². The minimum atomic E-state index is -0.396. The lowest BCUT2D eigenvalue weighted by atomic mass is 9.87. The second-order valence-corrected chi connectivity index (χ2v) is 5.29. The average molecular weight is 264 g/mol. The zero-order chi connectivity index (χ0) is 14.0. The maximum atomic E-state index is 10.8. The number of hydrogen-bond acceptors (Lipinski definition) is 5. The van der Waals surface area contributed by atoms with Crippen molar-refractivity contribution in [2.24, 2.45) is 17.6 Å². The summed E-state index contributed by atoms with van der Waals surface area (Å²) in [4.78, 5) is 16.8. The molecule has 2 rings (SSSR count). The molecule has 2 heterocycles. The SMILES string of the molecule is Cc1cc(N2CCC(C)C(CN)C2)ncc1[N+](=O)[O-]. The van der Waals surface area contributed by atoms with Gasteiger partial charge in [0.1, 0.15) is 12.0 Å². The van der Waals surface area contributed by atoms with Crippen molar-refractivity contribution < 1.29 is 4.92 Å². The van der Waals surface area contributed by atoms with Crippen LogP contribution in [0.15, 0.2) is 12.3 Å². The molecular weight excluding hydrogens is 244 g/mol. The maximum Gasteiger partial charge on any atom is 0.290 e. The topological polar surface area (TPSA) is 85.3 Å². The van der Waals surface area contributed by atoms with Crippen molar-refractivity contribution in [3.8, 4) is 0 Å². The number of nitrogens with two attached hydrogens (primary N) is 1. The molecule has 6 heteroatoms. The highest BCUT2D eigenvalue weighted by atomic mass is 16.6. The molecule has 0 radical (unpaired) electrons. The zero-order valence-electron chi connectivity index (χ0n) is 11.4. The van der Waals surface area contributed by atoms with Gasteiger partial charge < -0.3 is 10.6 Å². The van der Waals surface area contributed by atoms with E-state index in [0.29, 0.717) is 23.9 Å². The van der Waals surface area contributed by atoms with Crippen molar-refractivity contribution in [3.63, 3.8) is 0 Å². The Morgan fingerprint density at radius 2 is 2.37 bits per heavy atom. The second kappa shape index (κ2) is 5.52. The molecule has 104 valence electrons. The van der Waals surface area contributed by atoms with Crippen LogP contribution in [0.4, 0.5) is 11.5 Å². The lowest BCUT2D eigenvalue weighted by Crippen LogP contribution is -2.43. The van der Waals surface area contributed by atoms with Crippen molar-refractivity contribution in [3.05, 3.63) is 27.9 Å². The Labute approximate surface area is 112 Å². The molecular formula is C13H20N4O2. The molecule has 0 spiro atoms. The number of aromatic nitrogens is 1. The highest BCUT2D eigenvalue weighted by Gasteiger charge is 2.26. The Morgan fingerprint density at radius 3 is 2.95 bits per heavy atom. The minimum absolute atomic E-state index is 0.0736. The number of piperidine rings is 1. The Hall–Kier alpha value is -1.69. The summed E-state index contributed by atoms with van der Waals surface area (Å²) in [7, 11) is 0. The summed E-state index contributed by atoms with van der Waals surface area (Å²) in [6.07, 6.45) is 2.43. The Morgan fingerprint density at radius 1 is 1.63 bits per heavy atom. The highest BCUT2D eigenvalue weighted by Crippen LogP contribution is 2.27. The molecule has 2 atom stereocenters. The normalized spacial score (nSPS) is 23.4. The number of anilines is 1. The van der Waals surface area contributed by atoms with Crippen LogP contribution in [0.5, 0.6) is 0 Å². The van der Waals surface area contributed by atoms with Crippen molar-refractivity contribution in [1.29, 1.82) is 0 Å². The summed E-state index contributed by atoms with van der Waals surface area (Å²) in [5.74, 6) is 1.90. The molecule has 0 bridgehead atoms. The molecule has 1 aromatic rings. The Balaban J connectivity index is 2.18. The molecule has 1 saturated heterocycles. The number of nitro groups is 1. The summed E-state index contributed by atoms with van der Waals surface area (Å²) in [5.41, 5.74) is 6.52. The standard InChI is InChI=1S/C13H20N4O2/c1-9-3-4-16(8-11(9)6-14)13-5-10(2)12(7-15-13)17(18)19/h5,7,9,11H,3-4,6,8,14H2,1-2H3. The van der Waals surface area contributed by atoms with Gasteiger partial charge in [0.2, 0.25) is 0 Å². The third kappa shape index (κ3) is 2.84. The van der Waals surface area contributed by atoms with Gasteiger partial charge in [0.15, 0.2) is 0 Å². The van der Waals surface area contributed by atoms with E-state index in [2.05, 4.69) is 16.8 Å². The Bertz CT molecular complexity index is 478. The summed E-state index contributed by atoms with van der Waals surface area (Å²) < 4.78 is 0. The molecule has 2 N–H and O–H groups in total. The molecule has 1 fully saturated rings. The van der Waals surface area contributed by atoms with Crippen LogP contribution in [0.3, 0.4) is 0 Å². The molecule has 19 heavy (non-hydrogen) atoms. The molecule has 6 nitrogen and oxygen atoms in total. The van der Waals surface area contributed by atoms with E-state index in [1.807, 2.05) is 0 Å². The van der Waals surface area contributed by atoms with Crippen molar-refractivity contribution >= 4 is 11.5 Å². The predicted molar refractivity (Wildman–Crippen MR) is 74.2 cm³/mol. The van der Waals surface area contributed by atoms with Gasteiger partial charge in [-0.3, -0.25) is 10.1 Å². The van der Waals surface area contributed by atoms with Gasteiger partial charge in [0, 0.05) is 18.7 Å². The first-order valence-electron chi connectivity index (χ1n) is 6.59. The van der Waals surface area contributed by atoms with E-state index in [-0.39, 0.29) is 5.69 Å². The third-order valence-corrected chi connectivity index (χ3v) is 4.01. The molecule has 0 saturated carbocycles. The van der Waals surface area contributed by atoms with Gasteiger partial charge in [-0.05, 0) is 37.8 Å². The van der Waals surface area contributed by atoms with Crippen LogP contribution in [0.2, 0.25) is 0 Å². The van der Waals surface area contributed by atoms with Crippen LogP contribution in [0.25, 0.3) is 0 Å². The van der Waals surface area contributed by atoms with E-state index in [0.717, 1.165) is 25.3 Å². The van der Waals surface area contributed by atoms with E-state index >= 15 is 0 Å². The number of nitrogens with zero attached hydrogens (tertiary/aromatic N) is 3. The monoisotopic (exact) mass is 264 g/mol. The summed E-state index contributed by atoms with van der Waals surface area (Å²) in [5, 5.41) is 10.8. The van der Waals surface area contributed by atoms with Crippen LogP contribution in [-0.2, 0) is 0 Å². The van der Waals surface area contributed by atoms with E-state index in [1.54, 1.807) is 13.0 Å².